The van der Waals surface area contributed by atoms with E-state index >= 15 is 0 Å². The van der Waals surface area contributed by atoms with Gasteiger partial charge in [-0.1, -0.05) is 108 Å². The first-order chi connectivity index (χ1) is 15.7. The summed E-state index contributed by atoms with van der Waals surface area (Å²) in [6.07, 6.45) is 26.6. The summed E-state index contributed by atoms with van der Waals surface area (Å²) in [7, 11) is 0. The number of benzene rings is 1. The zero-order valence-corrected chi connectivity index (χ0v) is 21.1. The van der Waals surface area contributed by atoms with Gasteiger partial charge in [-0.05, 0) is 79.9 Å². The van der Waals surface area contributed by atoms with E-state index in [9.17, 15) is 4.39 Å². The standard InChI is InChI=1S/C31H49F/c1-3-5-6-7-9-25-10-12-26(13-11-25)14-15-27-16-18-28(19-17-27)20-21-29-22-23-30(8-4-2)31(32)24-29/h18,22-27H,3-17,19-21H2,1-2H3. The summed E-state index contributed by atoms with van der Waals surface area (Å²) in [5, 5.41) is 0. The highest BCUT2D eigenvalue weighted by molar-refractivity contribution is 5.25. The third-order valence-electron chi connectivity index (χ3n) is 8.40. The van der Waals surface area contributed by atoms with Crippen molar-refractivity contribution in [3.63, 3.8) is 0 Å². The van der Waals surface area contributed by atoms with Crippen LogP contribution in [-0.2, 0) is 12.8 Å². The highest BCUT2D eigenvalue weighted by Crippen LogP contribution is 2.37. The van der Waals surface area contributed by atoms with Crippen LogP contribution in [0.15, 0.2) is 29.8 Å². The smallest absolute Gasteiger partial charge is 0.126 e. The fourth-order valence-electron chi connectivity index (χ4n) is 6.10. The van der Waals surface area contributed by atoms with E-state index in [2.05, 4.69) is 26.0 Å². The maximum Gasteiger partial charge on any atom is 0.126 e. The third kappa shape index (κ3) is 8.68. The van der Waals surface area contributed by atoms with Crippen LogP contribution in [0.3, 0.4) is 0 Å². The van der Waals surface area contributed by atoms with Gasteiger partial charge in [-0.3, -0.25) is 0 Å². The van der Waals surface area contributed by atoms with E-state index in [1.54, 1.807) is 11.6 Å². The molecule has 0 aromatic heterocycles. The Labute approximate surface area is 198 Å². The molecule has 0 N–H and O–H groups in total. The topological polar surface area (TPSA) is 0 Å². The Hall–Kier alpha value is -1.11. The van der Waals surface area contributed by atoms with Crippen LogP contribution in [0.25, 0.3) is 0 Å². The summed E-state index contributed by atoms with van der Waals surface area (Å²) in [6, 6.07) is 5.91. The summed E-state index contributed by atoms with van der Waals surface area (Å²) in [4.78, 5) is 0. The molecule has 0 bridgehead atoms. The Morgan fingerprint density at radius 1 is 0.750 bits per heavy atom. The van der Waals surface area contributed by atoms with Crippen molar-refractivity contribution in [3.05, 3.63) is 46.8 Å². The number of unbranched alkanes of at least 4 members (excludes halogenated alkanes) is 3. The molecule has 1 aromatic carbocycles. The van der Waals surface area contributed by atoms with Crippen molar-refractivity contribution in [3.8, 4) is 0 Å². The van der Waals surface area contributed by atoms with Gasteiger partial charge in [-0.25, -0.2) is 4.39 Å². The normalized spacial score (nSPS) is 23.8. The Morgan fingerprint density at radius 2 is 1.50 bits per heavy atom. The van der Waals surface area contributed by atoms with E-state index in [1.807, 2.05) is 6.07 Å². The second-order valence-electron chi connectivity index (χ2n) is 11.0. The molecule has 1 atom stereocenters. The molecule has 0 nitrogen and oxygen atoms in total. The van der Waals surface area contributed by atoms with Crippen LogP contribution in [0.5, 0.6) is 0 Å². The van der Waals surface area contributed by atoms with Crippen molar-refractivity contribution in [1.29, 1.82) is 0 Å². The largest absolute Gasteiger partial charge is 0.207 e. The van der Waals surface area contributed by atoms with Gasteiger partial charge < -0.3 is 0 Å². The number of hydrogen-bond acceptors (Lipinski definition) is 0. The number of hydrogen-bond donors (Lipinski definition) is 0. The van der Waals surface area contributed by atoms with Crippen molar-refractivity contribution >= 4 is 0 Å². The fourth-order valence-corrected chi connectivity index (χ4v) is 6.10. The highest BCUT2D eigenvalue weighted by atomic mass is 19.1. The van der Waals surface area contributed by atoms with Gasteiger partial charge in [-0.15, -0.1) is 0 Å². The molecule has 0 amide bonds. The zero-order chi connectivity index (χ0) is 22.6. The minimum Gasteiger partial charge on any atom is -0.207 e. The van der Waals surface area contributed by atoms with E-state index in [-0.39, 0.29) is 5.82 Å². The molecule has 180 valence electrons. The quantitative estimate of drug-likeness (QED) is 0.211. The summed E-state index contributed by atoms with van der Waals surface area (Å²) in [6.45, 7) is 4.42. The lowest BCUT2D eigenvalue weighted by Gasteiger charge is -2.30. The minimum atomic E-state index is -0.00688. The molecular weight excluding hydrogens is 391 g/mol. The molecule has 1 heteroatoms. The second kappa shape index (κ2) is 14.2. The molecule has 1 saturated carbocycles. The van der Waals surface area contributed by atoms with Gasteiger partial charge in [-0.2, -0.15) is 0 Å². The molecular formula is C31H49F. The minimum absolute atomic E-state index is 0.00688. The molecule has 0 spiro atoms. The monoisotopic (exact) mass is 440 g/mol. The number of halogens is 1. The molecule has 0 heterocycles. The van der Waals surface area contributed by atoms with Crippen molar-refractivity contribution in [2.45, 2.75) is 129 Å². The van der Waals surface area contributed by atoms with Gasteiger partial charge in [0.05, 0.1) is 0 Å². The maximum atomic E-state index is 14.2. The number of aryl methyl sites for hydroxylation is 2. The van der Waals surface area contributed by atoms with Crippen LogP contribution in [0, 0.1) is 23.6 Å². The lowest BCUT2D eigenvalue weighted by atomic mass is 9.76. The molecule has 32 heavy (non-hydrogen) atoms. The molecule has 0 radical (unpaired) electrons. The Morgan fingerprint density at radius 3 is 2.16 bits per heavy atom. The second-order valence-corrected chi connectivity index (χ2v) is 11.0. The molecule has 2 aliphatic rings. The predicted molar refractivity (Wildman–Crippen MR) is 138 cm³/mol. The lowest BCUT2D eigenvalue weighted by Crippen LogP contribution is -2.16. The Bertz CT molecular complexity index is 680. The molecule has 1 fully saturated rings. The van der Waals surface area contributed by atoms with Crippen LogP contribution in [-0.4, -0.2) is 0 Å². The van der Waals surface area contributed by atoms with E-state index in [1.165, 1.54) is 89.9 Å². The van der Waals surface area contributed by atoms with E-state index < -0.39 is 0 Å². The predicted octanol–water partition coefficient (Wildman–Crippen LogP) is 9.99. The summed E-state index contributed by atoms with van der Waals surface area (Å²) >= 11 is 0. The van der Waals surface area contributed by atoms with Crippen molar-refractivity contribution in [2.75, 3.05) is 0 Å². The molecule has 0 aliphatic heterocycles. The third-order valence-corrected chi connectivity index (χ3v) is 8.40. The molecule has 2 aliphatic carbocycles. The molecule has 1 aromatic rings. The van der Waals surface area contributed by atoms with Gasteiger partial charge in [0.15, 0.2) is 0 Å². The Balaban J connectivity index is 1.29. The van der Waals surface area contributed by atoms with Crippen LogP contribution < -0.4 is 0 Å². The number of rotatable bonds is 13. The maximum absolute atomic E-state index is 14.2. The van der Waals surface area contributed by atoms with Gasteiger partial charge in [0, 0.05) is 0 Å². The highest BCUT2D eigenvalue weighted by Gasteiger charge is 2.22. The molecule has 0 saturated heterocycles. The van der Waals surface area contributed by atoms with Gasteiger partial charge in [0.1, 0.15) is 5.82 Å². The van der Waals surface area contributed by atoms with Crippen molar-refractivity contribution in [2.24, 2.45) is 17.8 Å². The zero-order valence-electron chi connectivity index (χ0n) is 21.1. The van der Waals surface area contributed by atoms with E-state index in [0.29, 0.717) is 0 Å². The van der Waals surface area contributed by atoms with Gasteiger partial charge in [0.2, 0.25) is 0 Å². The molecule has 3 rings (SSSR count). The first kappa shape index (κ1) is 25.5. The van der Waals surface area contributed by atoms with Crippen molar-refractivity contribution in [1.82, 2.24) is 0 Å². The number of allylic oxidation sites excluding steroid dienone is 2. The summed E-state index contributed by atoms with van der Waals surface area (Å²) in [5.41, 5.74) is 3.64. The van der Waals surface area contributed by atoms with E-state index in [4.69, 9.17) is 0 Å². The summed E-state index contributed by atoms with van der Waals surface area (Å²) < 4.78 is 14.2. The Kier molecular flexibility index (Phi) is 11.3. The fraction of sp³-hybridized carbons (Fsp3) is 0.742. The average Bonchev–Trinajstić information content (AvgIpc) is 2.82. The first-order valence-electron chi connectivity index (χ1n) is 14.1. The first-order valence-corrected chi connectivity index (χ1v) is 14.1. The summed E-state index contributed by atoms with van der Waals surface area (Å²) in [5.74, 6) is 2.96. The van der Waals surface area contributed by atoms with Crippen LogP contribution in [0.4, 0.5) is 4.39 Å². The van der Waals surface area contributed by atoms with Crippen LogP contribution in [0.1, 0.15) is 128 Å². The molecule has 1 unspecified atom stereocenters. The van der Waals surface area contributed by atoms with Crippen LogP contribution >= 0.6 is 0 Å². The van der Waals surface area contributed by atoms with Crippen molar-refractivity contribution < 1.29 is 4.39 Å². The van der Waals surface area contributed by atoms with Gasteiger partial charge >= 0.3 is 0 Å². The van der Waals surface area contributed by atoms with Gasteiger partial charge in [0.25, 0.3) is 0 Å². The van der Waals surface area contributed by atoms with E-state index in [0.717, 1.165) is 54.6 Å². The lowest BCUT2D eigenvalue weighted by molar-refractivity contribution is 0.234. The van der Waals surface area contributed by atoms with Crippen LogP contribution in [0.2, 0.25) is 0 Å². The average molecular weight is 441 g/mol. The SMILES string of the molecule is CCCCCCC1CCC(CCC2CC=C(CCc3ccc(CCC)c(F)c3)CC2)CC1.